The number of aromatic nitrogens is 2. The number of para-hydroxylation sites is 1. The van der Waals surface area contributed by atoms with Crippen LogP contribution in [0.15, 0.2) is 53.9 Å². The number of hydrogen-bond donors (Lipinski definition) is 1. The Morgan fingerprint density at radius 3 is 2.50 bits per heavy atom. The summed E-state index contributed by atoms with van der Waals surface area (Å²) in [4.78, 5) is 16.6. The monoisotopic (exact) mass is 425 g/mol. The minimum absolute atomic E-state index is 0.165. The van der Waals surface area contributed by atoms with Crippen LogP contribution < -0.4 is 5.32 Å². The maximum atomic E-state index is 12.3. The highest BCUT2D eigenvalue weighted by molar-refractivity contribution is 7.99. The van der Waals surface area contributed by atoms with Crippen molar-refractivity contribution in [3.63, 3.8) is 0 Å². The molecular formula is C18H14Cl3N3OS. The number of thioether (sulfide) groups is 1. The lowest BCUT2D eigenvalue weighted by molar-refractivity contribution is -0.113. The number of halogens is 3. The fourth-order valence-electron chi connectivity index (χ4n) is 2.36. The summed E-state index contributed by atoms with van der Waals surface area (Å²) in [6, 6.07) is 10.7. The maximum absolute atomic E-state index is 12.3. The summed E-state index contributed by atoms with van der Waals surface area (Å²) >= 11 is 19.7. The second-order valence-corrected chi connectivity index (χ2v) is 7.56. The van der Waals surface area contributed by atoms with Crippen LogP contribution in [-0.4, -0.2) is 21.2 Å². The number of anilines is 1. The molecule has 1 N–H and O–H groups in total. The van der Waals surface area contributed by atoms with Gasteiger partial charge in [0.2, 0.25) is 5.91 Å². The molecule has 0 radical (unpaired) electrons. The number of rotatable bonds is 5. The molecule has 0 saturated carbocycles. The van der Waals surface area contributed by atoms with Gasteiger partial charge in [-0.1, -0.05) is 58.7 Å². The maximum Gasteiger partial charge on any atom is 0.234 e. The van der Waals surface area contributed by atoms with E-state index >= 15 is 0 Å². The third-order valence-electron chi connectivity index (χ3n) is 3.66. The van der Waals surface area contributed by atoms with Gasteiger partial charge in [-0.15, -0.1) is 0 Å². The van der Waals surface area contributed by atoms with Gasteiger partial charge in [-0.25, -0.2) is 4.98 Å². The highest BCUT2D eigenvalue weighted by atomic mass is 35.5. The molecule has 0 saturated heterocycles. The summed E-state index contributed by atoms with van der Waals surface area (Å²) in [7, 11) is 0. The van der Waals surface area contributed by atoms with Crippen LogP contribution in [-0.2, 0) is 4.79 Å². The fraction of sp³-hybridized carbons (Fsp3) is 0.111. The van der Waals surface area contributed by atoms with Gasteiger partial charge in [0.05, 0.1) is 27.2 Å². The van der Waals surface area contributed by atoms with Gasteiger partial charge in [-0.2, -0.15) is 0 Å². The van der Waals surface area contributed by atoms with E-state index in [1.165, 1.54) is 11.8 Å². The average Bonchev–Trinajstić information content (AvgIpc) is 3.07. The van der Waals surface area contributed by atoms with E-state index in [0.29, 0.717) is 25.9 Å². The van der Waals surface area contributed by atoms with Crippen molar-refractivity contribution in [2.45, 2.75) is 12.1 Å². The molecule has 134 valence electrons. The Balaban J connectivity index is 1.72. The third-order valence-corrected chi connectivity index (χ3v) is 5.67. The van der Waals surface area contributed by atoms with Crippen LogP contribution in [0.5, 0.6) is 0 Å². The van der Waals surface area contributed by atoms with Gasteiger partial charge in [0.25, 0.3) is 0 Å². The Kier molecular flexibility index (Phi) is 6.14. The van der Waals surface area contributed by atoms with E-state index in [0.717, 1.165) is 11.3 Å². The van der Waals surface area contributed by atoms with E-state index in [4.69, 9.17) is 34.8 Å². The van der Waals surface area contributed by atoms with Crippen molar-refractivity contribution in [3.05, 3.63) is 69.4 Å². The lowest BCUT2D eigenvalue weighted by atomic mass is 10.2. The Hall–Kier alpha value is -1.66. The molecule has 8 heteroatoms. The van der Waals surface area contributed by atoms with E-state index in [1.807, 2.05) is 35.9 Å². The van der Waals surface area contributed by atoms with Gasteiger partial charge in [-0.05, 0) is 36.8 Å². The molecule has 0 fully saturated rings. The molecule has 0 bridgehead atoms. The molecule has 3 aromatic rings. The van der Waals surface area contributed by atoms with Crippen LogP contribution in [0.1, 0.15) is 5.56 Å². The van der Waals surface area contributed by atoms with Gasteiger partial charge in [0, 0.05) is 17.4 Å². The van der Waals surface area contributed by atoms with Crippen molar-refractivity contribution in [1.29, 1.82) is 0 Å². The standard InChI is InChI=1S/C18H14Cl3N3OS/c1-11-12(19)4-3-7-15(11)24-9-8-22-18(24)26-10-16(25)23-17-13(20)5-2-6-14(17)21/h2-9H,10H2,1H3,(H,23,25). The van der Waals surface area contributed by atoms with Crippen LogP contribution in [0, 0.1) is 6.92 Å². The van der Waals surface area contributed by atoms with E-state index in [1.54, 1.807) is 24.4 Å². The highest BCUT2D eigenvalue weighted by Crippen LogP contribution is 2.30. The summed E-state index contributed by atoms with van der Waals surface area (Å²) in [5.41, 5.74) is 2.28. The molecule has 1 heterocycles. The second-order valence-electron chi connectivity index (χ2n) is 5.40. The minimum atomic E-state index is -0.220. The van der Waals surface area contributed by atoms with Crippen molar-refractivity contribution in [2.24, 2.45) is 0 Å². The first kappa shape index (κ1) is 19.1. The van der Waals surface area contributed by atoms with E-state index in [2.05, 4.69) is 10.3 Å². The zero-order valence-electron chi connectivity index (χ0n) is 13.7. The first-order chi connectivity index (χ1) is 12.5. The average molecular weight is 427 g/mol. The first-order valence-electron chi connectivity index (χ1n) is 7.63. The number of benzene rings is 2. The molecule has 1 aromatic heterocycles. The van der Waals surface area contributed by atoms with Gasteiger partial charge in [0.15, 0.2) is 5.16 Å². The number of carbonyl (C=O) groups excluding carboxylic acids is 1. The van der Waals surface area contributed by atoms with Crippen LogP contribution in [0.2, 0.25) is 15.1 Å². The lowest BCUT2D eigenvalue weighted by Gasteiger charge is -2.12. The molecule has 0 unspecified atom stereocenters. The molecule has 0 aliphatic carbocycles. The molecule has 3 rings (SSSR count). The van der Waals surface area contributed by atoms with Crippen molar-refractivity contribution in [1.82, 2.24) is 9.55 Å². The summed E-state index contributed by atoms with van der Waals surface area (Å²) in [6.07, 6.45) is 3.52. The summed E-state index contributed by atoms with van der Waals surface area (Å²) < 4.78 is 1.90. The van der Waals surface area contributed by atoms with Crippen molar-refractivity contribution < 1.29 is 4.79 Å². The van der Waals surface area contributed by atoms with E-state index in [-0.39, 0.29) is 11.7 Å². The minimum Gasteiger partial charge on any atom is -0.323 e. The Bertz CT molecular complexity index is 938. The van der Waals surface area contributed by atoms with Crippen molar-refractivity contribution in [3.8, 4) is 5.69 Å². The zero-order valence-corrected chi connectivity index (χ0v) is 16.8. The predicted molar refractivity (Wildman–Crippen MR) is 109 cm³/mol. The lowest BCUT2D eigenvalue weighted by Crippen LogP contribution is -2.15. The van der Waals surface area contributed by atoms with Crippen LogP contribution >= 0.6 is 46.6 Å². The largest absolute Gasteiger partial charge is 0.323 e. The van der Waals surface area contributed by atoms with Gasteiger partial charge < -0.3 is 5.32 Å². The SMILES string of the molecule is Cc1c(Cl)cccc1-n1ccnc1SCC(=O)Nc1c(Cl)cccc1Cl. The predicted octanol–water partition coefficient (Wildman–Crippen LogP) is 5.87. The molecule has 0 aliphatic heterocycles. The zero-order chi connectivity index (χ0) is 18.7. The number of hydrogen-bond acceptors (Lipinski definition) is 3. The van der Waals surface area contributed by atoms with Gasteiger partial charge >= 0.3 is 0 Å². The van der Waals surface area contributed by atoms with Gasteiger partial charge in [0.1, 0.15) is 0 Å². The van der Waals surface area contributed by atoms with Gasteiger partial charge in [-0.3, -0.25) is 9.36 Å². The van der Waals surface area contributed by atoms with Crippen molar-refractivity contribution >= 4 is 58.2 Å². The molecular weight excluding hydrogens is 413 g/mol. The number of imidazole rings is 1. The molecule has 1 amide bonds. The Morgan fingerprint density at radius 2 is 1.77 bits per heavy atom. The summed E-state index contributed by atoms with van der Waals surface area (Å²) in [6.45, 7) is 1.94. The molecule has 0 aliphatic rings. The second kappa shape index (κ2) is 8.35. The summed E-state index contributed by atoms with van der Waals surface area (Å²) in [5, 5.41) is 4.90. The first-order valence-corrected chi connectivity index (χ1v) is 9.75. The molecule has 0 atom stereocenters. The normalized spacial score (nSPS) is 10.8. The highest BCUT2D eigenvalue weighted by Gasteiger charge is 2.13. The number of nitrogens with zero attached hydrogens (tertiary/aromatic N) is 2. The number of nitrogens with one attached hydrogen (secondary N) is 1. The molecule has 26 heavy (non-hydrogen) atoms. The topological polar surface area (TPSA) is 46.9 Å². The third kappa shape index (κ3) is 4.18. The van der Waals surface area contributed by atoms with E-state index < -0.39 is 0 Å². The summed E-state index contributed by atoms with van der Waals surface area (Å²) in [5.74, 6) is -0.0552. The molecule has 0 spiro atoms. The number of amides is 1. The fourth-order valence-corrected chi connectivity index (χ4v) is 3.79. The Morgan fingerprint density at radius 1 is 1.12 bits per heavy atom. The van der Waals surface area contributed by atoms with Crippen LogP contribution in [0.25, 0.3) is 5.69 Å². The van der Waals surface area contributed by atoms with Crippen LogP contribution in [0.3, 0.4) is 0 Å². The smallest absolute Gasteiger partial charge is 0.234 e. The molecule has 4 nitrogen and oxygen atoms in total. The quantitative estimate of drug-likeness (QED) is 0.519. The van der Waals surface area contributed by atoms with Crippen molar-refractivity contribution in [2.75, 3.05) is 11.1 Å². The Labute approximate surface area is 170 Å². The molecule has 2 aromatic carbocycles. The number of carbonyl (C=O) groups is 1. The van der Waals surface area contributed by atoms with E-state index in [9.17, 15) is 4.79 Å². The van der Waals surface area contributed by atoms with Crippen LogP contribution in [0.4, 0.5) is 5.69 Å².